The van der Waals surface area contributed by atoms with Crippen LogP contribution in [-0.4, -0.2) is 67.7 Å². The predicted molar refractivity (Wildman–Crippen MR) is 127 cm³/mol. The molecule has 0 spiro atoms. The Kier molecular flexibility index (Phi) is 7.69. The molecule has 1 fully saturated rings. The second-order valence-corrected chi connectivity index (χ2v) is 8.73. The Morgan fingerprint density at radius 3 is 2.16 bits per heavy atom. The highest BCUT2D eigenvalue weighted by Gasteiger charge is 2.39. The normalized spacial score (nSPS) is 17.1. The van der Waals surface area contributed by atoms with Gasteiger partial charge in [-0.1, -0.05) is 31.2 Å². The number of nitrogens with zero attached hydrogens (tertiary/aromatic N) is 2. The average molecular weight is 439 g/mol. The molecule has 2 aromatic carbocycles. The molecule has 2 aromatic rings. The van der Waals surface area contributed by atoms with Gasteiger partial charge in [0.1, 0.15) is 0 Å². The third-order valence-corrected chi connectivity index (χ3v) is 6.72. The molecule has 1 N–H and O–H groups in total. The maximum absolute atomic E-state index is 13.7. The SMILES string of the molecule is CCC(Cc1ccc(C(C)C(=O)O)cc1)(C(=O)c1ccc(N2CCOCC2)cc1)N(C)C. The van der Waals surface area contributed by atoms with Crippen molar-refractivity contribution in [2.75, 3.05) is 45.3 Å². The van der Waals surface area contributed by atoms with E-state index in [1.54, 1.807) is 6.92 Å². The molecule has 1 aliphatic heterocycles. The van der Waals surface area contributed by atoms with E-state index in [1.807, 2.05) is 74.4 Å². The molecular weight excluding hydrogens is 404 g/mol. The quantitative estimate of drug-likeness (QED) is 0.600. The molecule has 32 heavy (non-hydrogen) atoms. The van der Waals surface area contributed by atoms with Crippen LogP contribution in [0.4, 0.5) is 5.69 Å². The van der Waals surface area contributed by atoms with Crippen LogP contribution in [0.15, 0.2) is 48.5 Å². The van der Waals surface area contributed by atoms with Crippen molar-refractivity contribution in [2.45, 2.75) is 38.1 Å². The fourth-order valence-electron chi connectivity index (χ4n) is 4.36. The number of benzene rings is 2. The summed E-state index contributed by atoms with van der Waals surface area (Å²) in [7, 11) is 3.90. The van der Waals surface area contributed by atoms with Crippen LogP contribution in [0.25, 0.3) is 0 Å². The smallest absolute Gasteiger partial charge is 0.310 e. The average Bonchev–Trinajstić information content (AvgIpc) is 2.82. The summed E-state index contributed by atoms with van der Waals surface area (Å²) in [5, 5.41) is 9.24. The summed E-state index contributed by atoms with van der Waals surface area (Å²) < 4.78 is 5.43. The largest absolute Gasteiger partial charge is 0.481 e. The van der Waals surface area contributed by atoms with Crippen molar-refractivity contribution in [3.05, 3.63) is 65.2 Å². The lowest BCUT2D eigenvalue weighted by atomic mass is 9.80. The van der Waals surface area contributed by atoms with Crippen molar-refractivity contribution in [2.24, 2.45) is 0 Å². The van der Waals surface area contributed by atoms with Gasteiger partial charge in [-0.3, -0.25) is 14.5 Å². The van der Waals surface area contributed by atoms with Gasteiger partial charge in [0.05, 0.1) is 24.7 Å². The Labute approximate surface area is 190 Å². The third kappa shape index (κ3) is 5.03. The molecule has 172 valence electrons. The van der Waals surface area contributed by atoms with Gasteiger partial charge in [-0.05, 0) is 69.3 Å². The van der Waals surface area contributed by atoms with Gasteiger partial charge in [0.2, 0.25) is 0 Å². The fraction of sp³-hybridized carbons (Fsp3) is 0.462. The first-order valence-corrected chi connectivity index (χ1v) is 11.2. The molecule has 6 heteroatoms. The second-order valence-electron chi connectivity index (χ2n) is 8.73. The summed E-state index contributed by atoms with van der Waals surface area (Å²) in [4.78, 5) is 29.3. The Morgan fingerprint density at radius 2 is 1.66 bits per heavy atom. The number of ether oxygens (including phenoxy) is 1. The lowest BCUT2D eigenvalue weighted by molar-refractivity contribution is -0.138. The summed E-state index contributed by atoms with van der Waals surface area (Å²) in [5.41, 5.74) is 2.91. The molecule has 0 radical (unpaired) electrons. The Hall–Kier alpha value is -2.70. The number of ketones is 1. The number of anilines is 1. The zero-order valence-electron chi connectivity index (χ0n) is 19.5. The van der Waals surface area contributed by atoms with Crippen molar-refractivity contribution in [3.8, 4) is 0 Å². The highest BCUT2D eigenvalue weighted by molar-refractivity contribution is 6.03. The maximum Gasteiger partial charge on any atom is 0.310 e. The summed E-state index contributed by atoms with van der Waals surface area (Å²) >= 11 is 0. The third-order valence-electron chi connectivity index (χ3n) is 6.72. The number of carbonyl (C=O) groups is 2. The zero-order valence-corrected chi connectivity index (χ0v) is 19.5. The number of carbonyl (C=O) groups excluding carboxylic acids is 1. The molecule has 0 saturated carbocycles. The second kappa shape index (κ2) is 10.3. The van der Waals surface area contributed by atoms with Gasteiger partial charge in [0.15, 0.2) is 5.78 Å². The van der Waals surface area contributed by atoms with Crippen molar-refractivity contribution in [1.29, 1.82) is 0 Å². The number of hydrogen-bond donors (Lipinski definition) is 1. The van der Waals surface area contributed by atoms with E-state index >= 15 is 0 Å². The van der Waals surface area contributed by atoms with E-state index in [1.165, 1.54) is 0 Å². The number of rotatable bonds is 9. The van der Waals surface area contributed by atoms with Crippen molar-refractivity contribution in [1.82, 2.24) is 4.90 Å². The first-order valence-electron chi connectivity index (χ1n) is 11.2. The molecule has 0 aliphatic carbocycles. The number of morpholine rings is 1. The van der Waals surface area contributed by atoms with Gasteiger partial charge in [-0.25, -0.2) is 0 Å². The Balaban J connectivity index is 1.83. The zero-order chi connectivity index (χ0) is 23.3. The van der Waals surface area contributed by atoms with Gasteiger partial charge >= 0.3 is 5.97 Å². The number of Topliss-reactive ketones (excluding diaryl/α,β-unsaturated/α-hetero) is 1. The van der Waals surface area contributed by atoms with Crippen LogP contribution >= 0.6 is 0 Å². The van der Waals surface area contributed by atoms with Gasteiger partial charge in [-0.2, -0.15) is 0 Å². The molecule has 2 unspecified atom stereocenters. The molecule has 0 aromatic heterocycles. The van der Waals surface area contributed by atoms with Crippen LogP contribution in [0.3, 0.4) is 0 Å². The number of hydrogen-bond acceptors (Lipinski definition) is 5. The topological polar surface area (TPSA) is 70.1 Å². The van der Waals surface area contributed by atoms with Crippen molar-refractivity contribution >= 4 is 17.4 Å². The molecule has 1 saturated heterocycles. The summed E-state index contributed by atoms with van der Waals surface area (Å²) in [6, 6.07) is 15.5. The Morgan fingerprint density at radius 1 is 1.06 bits per heavy atom. The van der Waals surface area contributed by atoms with Gasteiger partial charge in [0.25, 0.3) is 0 Å². The molecule has 0 bridgehead atoms. The minimum atomic E-state index is -0.843. The van der Waals surface area contributed by atoms with Crippen molar-refractivity contribution < 1.29 is 19.4 Å². The fourth-order valence-corrected chi connectivity index (χ4v) is 4.36. The van der Waals surface area contributed by atoms with Gasteiger partial charge in [-0.15, -0.1) is 0 Å². The van der Waals surface area contributed by atoms with E-state index < -0.39 is 17.4 Å². The highest BCUT2D eigenvalue weighted by Crippen LogP contribution is 2.29. The van der Waals surface area contributed by atoms with Crippen LogP contribution in [-0.2, 0) is 16.0 Å². The van der Waals surface area contributed by atoms with E-state index in [0.717, 1.165) is 43.1 Å². The molecule has 3 rings (SSSR count). The number of carboxylic acids is 1. The molecule has 6 nitrogen and oxygen atoms in total. The number of likely N-dealkylation sites (N-methyl/N-ethyl adjacent to an activating group) is 1. The van der Waals surface area contributed by atoms with E-state index in [-0.39, 0.29) is 5.78 Å². The van der Waals surface area contributed by atoms with Gasteiger partial charge in [0, 0.05) is 24.3 Å². The lowest BCUT2D eigenvalue weighted by Gasteiger charge is -2.38. The standard InChI is InChI=1S/C26H34N2O4/c1-5-26(27(3)4,18-20-6-8-21(9-7-20)19(2)25(30)31)24(29)22-10-12-23(13-11-22)28-14-16-32-17-15-28/h6-13,19H,5,14-18H2,1-4H3,(H,30,31). The minimum Gasteiger partial charge on any atom is -0.481 e. The summed E-state index contributed by atoms with van der Waals surface area (Å²) in [6.07, 6.45) is 1.22. The van der Waals surface area contributed by atoms with E-state index in [4.69, 9.17) is 4.74 Å². The van der Waals surface area contributed by atoms with E-state index in [0.29, 0.717) is 18.4 Å². The van der Waals surface area contributed by atoms with Gasteiger partial charge < -0.3 is 14.7 Å². The summed E-state index contributed by atoms with van der Waals surface area (Å²) in [6.45, 7) is 6.90. The first kappa shape index (κ1) is 24.0. The molecular formula is C26H34N2O4. The molecule has 1 heterocycles. The van der Waals surface area contributed by atoms with Crippen LogP contribution < -0.4 is 4.90 Å². The summed E-state index contributed by atoms with van der Waals surface area (Å²) in [5.74, 6) is -1.30. The number of carboxylic acid groups (broad SMARTS) is 1. The minimum absolute atomic E-state index is 0.0986. The van der Waals surface area contributed by atoms with Crippen LogP contribution in [0, 0.1) is 0 Å². The lowest BCUT2D eigenvalue weighted by Crippen LogP contribution is -2.52. The van der Waals surface area contributed by atoms with E-state index in [9.17, 15) is 14.7 Å². The van der Waals surface area contributed by atoms with Crippen molar-refractivity contribution in [3.63, 3.8) is 0 Å². The molecule has 2 atom stereocenters. The van der Waals surface area contributed by atoms with Crippen LogP contribution in [0.5, 0.6) is 0 Å². The molecule has 1 aliphatic rings. The first-order chi connectivity index (χ1) is 15.3. The number of aliphatic carboxylic acids is 1. The van der Waals surface area contributed by atoms with E-state index in [2.05, 4.69) is 4.90 Å². The highest BCUT2D eigenvalue weighted by atomic mass is 16.5. The monoisotopic (exact) mass is 438 g/mol. The maximum atomic E-state index is 13.7. The molecule has 0 amide bonds. The van der Waals surface area contributed by atoms with Crippen LogP contribution in [0.2, 0.25) is 0 Å². The Bertz CT molecular complexity index is 918. The van der Waals surface area contributed by atoms with Crippen LogP contribution in [0.1, 0.15) is 47.7 Å². The predicted octanol–water partition coefficient (Wildman–Crippen LogP) is 3.85.